The van der Waals surface area contributed by atoms with Gasteiger partial charge in [0.15, 0.2) is 18.2 Å². The molecule has 0 aromatic carbocycles. The predicted molar refractivity (Wildman–Crippen MR) is 90.6 cm³/mol. The number of hydrogen-bond acceptors (Lipinski definition) is 6. The number of carbonyl (C=O) groups excluding carboxylic acids is 2. The number of carboxylic acid groups (broad SMARTS) is 1. The van der Waals surface area contributed by atoms with Gasteiger partial charge in [0.05, 0.1) is 6.04 Å². The summed E-state index contributed by atoms with van der Waals surface area (Å²) < 4.78 is 4.73. The van der Waals surface area contributed by atoms with Crippen LogP contribution in [0.3, 0.4) is 0 Å². The zero-order chi connectivity index (χ0) is 19.0. The van der Waals surface area contributed by atoms with Crippen molar-refractivity contribution in [3.05, 3.63) is 0 Å². The van der Waals surface area contributed by atoms with Gasteiger partial charge in [-0.2, -0.15) is 0 Å². The fourth-order valence-corrected chi connectivity index (χ4v) is 2.12. The number of nitrogens with one attached hydrogen (secondary N) is 2. The van der Waals surface area contributed by atoms with Crippen LogP contribution in [0.4, 0.5) is 0 Å². The molecular weight excluding hydrogens is 330 g/mol. The molecule has 0 bridgehead atoms. The number of ether oxygens (including phenoxy) is 1. The van der Waals surface area contributed by atoms with E-state index < -0.39 is 30.1 Å². The molecule has 7 N–H and O–H groups in total. The SMILES string of the molecule is CC(C)C[C@H](N)C(=O)NC(N)=NCCCCNC(=O)C1O[C@@H]1C(=O)O. The number of hydrogen-bond donors (Lipinski definition) is 5. The van der Waals surface area contributed by atoms with Crippen molar-refractivity contribution in [3.63, 3.8) is 0 Å². The van der Waals surface area contributed by atoms with Gasteiger partial charge < -0.3 is 26.6 Å². The molecule has 0 spiro atoms. The lowest BCUT2D eigenvalue weighted by molar-refractivity contribution is -0.138. The fourth-order valence-electron chi connectivity index (χ4n) is 2.12. The summed E-state index contributed by atoms with van der Waals surface area (Å²) in [6.45, 7) is 4.71. The van der Waals surface area contributed by atoms with Crippen molar-refractivity contribution in [1.29, 1.82) is 0 Å². The van der Waals surface area contributed by atoms with Crippen LogP contribution in [0.15, 0.2) is 4.99 Å². The lowest BCUT2D eigenvalue weighted by Gasteiger charge is -2.13. The summed E-state index contributed by atoms with van der Waals surface area (Å²) in [5.74, 6) is -1.61. The molecule has 1 rings (SSSR count). The van der Waals surface area contributed by atoms with Crippen LogP contribution in [0.2, 0.25) is 0 Å². The number of aliphatic carboxylic acids is 1. The molecule has 1 unspecified atom stereocenters. The summed E-state index contributed by atoms with van der Waals surface area (Å²) in [4.78, 5) is 37.8. The van der Waals surface area contributed by atoms with Gasteiger partial charge in [0.2, 0.25) is 5.91 Å². The first-order valence-corrected chi connectivity index (χ1v) is 8.24. The van der Waals surface area contributed by atoms with Crippen LogP contribution < -0.4 is 22.1 Å². The summed E-state index contributed by atoms with van der Waals surface area (Å²) in [5, 5.41) is 13.7. The number of nitrogens with zero attached hydrogens (tertiary/aromatic N) is 1. The number of unbranched alkanes of at least 4 members (excludes halogenated alkanes) is 1. The minimum absolute atomic E-state index is 0.0175. The number of carbonyl (C=O) groups is 3. The summed E-state index contributed by atoms with van der Waals surface area (Å²) in [7, 11) is 0. The van der Waals surface area contributed by atoms with Crippen LogP contribution in [-0.2, 0) is 19.1 Å². The molecule has 1 saturated heterocycles. The molecule has 3 atom stereocenters. The smallest absolute Gasteiger partial charge is 0.336 e. The maximum absolute atomic E-state index is 11.7. The molecule has 1 fully saturated rings. The number of guanidine groups is 1. The fraction of sp³-hybridized carbons (Fsp3) is 0.733. The van der Waals surface area contributed by atoms with E-state index in [2.05, 4.69) is 15.6 Å². The van der Waals surface area contributed by atoms with Gasteiger partial charge in [0, 0.05) is 13.1 Å². The highest BCUT2D eigenvalue weighted by Crippen LogP contribution is 2.21. The maximum Gasteiger partial charge on any atom is 0.336 e. The van der Waals surface area contributed by atoms with Crippen molar-refractivity contribution >= 4 is 23.7 Å². The van der Waals surface area contributed by atoms with Gasteiger partial charge in [-0.1, -0.05) is 13.8 Å². The van der Waals surface area contributed by atoms with E-state index in [-0.39, 0.29) is 11.9 Å². The van der Waals surface area contributed by atoms with E-state index in [1.807, 2.05) is 13.8 Å². The van der Waals surface area contributed by atoms with E-state index >= 15 is 0 Å². The Labute approximate surface area is 146 Å². The monoisotopic (exact) mass is 357 g/mol. The Bertz CT molecular complexity index is 522. The van der Waals surface area contributed by atoms with Gasteiger partial charge in [0.25, 0.3) is 5.91 Å². The molecule has 0 aliphatic carbocycles. The molecule has 1 heterocycles. The predicted octanol–water partition coefficient (Wildman–Crippen LogP) is -1.46. The highest BCUT2D eigenvalue weighted by atomic mass is 16.6. The van der Waals surface area contributed by atoms with E-state index in [0.717, 1.165) is 0 Å². The highest BCUT2D eigenvalue weighted by Gasteiger charge is 2.50. The van der Waals surface area contributed by atoms with Crippen LogP contribution in [0.25, 0.3) is 0 Å². The minimum Gasteiger partial charge on any atom is -0.479 e. The van der Waals surface area contributed by atoms with Gasteiger partial charge in [0.1, 0.15) is 0 Å². The number of rotatable bonds is 10. The summed E-state index contributed by atoms with van der Waals surface area (Å²) in [5.41, 5.74) is 11.4. The number of nitrogens with two attached hydrogens (primary N) is 2. The third kappa shape index (κ3) is 7.94. The van der Waals surface area contributed by atoms with Crippen molar-refractivity contribution in [3.8, 4) is 0 Å². The molecule has 10 nitrogen and oxygen atoms in total. The Morgan fingerprint density at radius 3 is 2.48 bits per heavy atom. The first kappa shape index (κ1) is 20.8. The Balaban J connectivity index is 2.11. The Hall–Kier alpha value is -2.20. The van der Waals surface area contributed by atoms with E-state index in [0.29, 0.717) is 38.3 Å². The van der Waals surface area contributed by atoms with Crippen molar-refractivity contribution in [2.24, 2.45) is 22.4 Å². The lowest BCUT2D eigenvalue weighted by Crippen LogP contribution is -2.46. The van der Waals surface area contributed by atoms with Crippen molar-refractivity contribution in [2.45, 2.75) is 51.4 Å². The average molecular weight is 357 g/mol. The number of epoxide rings is 1. The Morgan fingerprint density at radius 1 is 1.24 bits per heavy atom. The summed E-state index contributed by atoms with van der Waals surface area (Å²) >= 11 is 0. The second-order valence-electron chi connectivity index (χ2n) is 6.31. The van der Waals surface area contributed by atoms with Crippen LogP contribution in [0, 0.1) is 5.92 Å². The minimum atomic E-state index is -1.14. The lowest BCUT2D eigenvalue weighted by atomic mass is 10.0. The first-order chi connectivity index (χ1) is 11.7. The maximum atomic E-state index is 11.7. The van der Waals surface area contributed by atoms with Crippen LogP contribution in [0.5, 0.6) is 0 Å². The molecule has 25 heavy (non-hydrogen) atoms. The molecule has 142 valence electrons. The van der Waals surface area contributed by atoms with Gasteiger partial charge in [-0.25, -0.2) is 4.79 Å². The second-order valence-corrected chi connectivity index (χ2v) is 6.31. The van der Waals surface area contributed by atoms with Crippen molar-refractivity contribution in [2.75, 3.05) is 13.1 Å². The molecular formula is C15H27N5O5. The summed E-state index contributed by atoms with van der Waals surface area (Å²) in [6.07, 6.45) is -0.0884. The van der Waals surface area contributed by atoms with Crippen molar-refractivity contribution in [1.82, 2.24) is 10.6 Å². The number of amides is 2. The third-order valence-electron chi connectivity index (χ3n) is 3.47. The molecule has 0 aromatic heterocycles. The Kier molecular flexibility index (Phi) is 8.29. The molecule has 2 amide bonds. The largest absolute Gasteiger partial charge is 0.479 e. The normalized spacial score (nSPS) is 20.9. The van der Waals surface area contributed by atoms with E-state index in [9.17, 15) is 14.4 Å². The zero-order valence-electron chi connectivity index (χ0n) is 14.5. The van der Waals surface area contributed by atoms with Gasteiger partial charge >= 0.3 is 5.97 Å². The quantitative estimate of drug-likeness (QED) is 0.137. The molecule has 1 aliphatic heterocycles. The highest BCUT2D eigenvalue weighted by molar-refractivity contribution is 5.98. The molecule has 0 saturated carbocycles. The zero-order valence-corrected chi connectivity index (χ0v) is 14.5. The standard InChI is InChI=1S/C15H27N5O5/c1-8(2)7-9(16)12(21)20-15(17)19-6-4-3-5-18-13(22)10-11(25-10)14(23)24/h8-11H,3-7,16H2,1-2H3,(H,18,22)(H,23,24)(H3,17,19,20,21)/t9-,10?,11-/m0/s1. The number of aliphatic imine (C=N–C) groups is 1. The Morgan fingerprint density at radius 2 is 1.92 bits per heavy atom. The second kappa shape index (κ2) is 9.94. The topological polar surface area (TPSA) is 172 Å². The molecule has 0 radical (unpaired) electrons. The van der Waals surface area contributed by atoms with Crippen LogP contribution in [-0.4, -0.2) is 60.2 Å². The molecule has 1 aliphatic rings. The van der Waals surface area contributed by atoms with Gasteiger partial charge in [-0.3, -0.25) is 19.9 Å². The van der Waals surface area contributed by atoms with E-state index in [1.165, 1.54) is 0 Å². The van der Waals surface area contributed by atoms with Gasteiger partial charge in [-0.15, -0.1) is 0 Å². The molecule has 10 heteroatoms. The van der Waals surface area contributed by atoms with Crippen molar-refractivity contribution < 1.29 is 24.2 Å². The van der Waals surface area contributed by atoms with E-state index in [4.69, 9.17) is 21.3 Å². The summed E-state index contributed by atoms with van der Waals surface area (Å²) in [6, 6.07) is -0.622. The first-order valence-electron chi connectivity index (χ1n) is 8.24. The molecule has 0 aromatic rings. The third-order valence-corrected chi connectivity index (χ3v) is 3.47. The number of carboxylic acids is 1. The van der Waals surface area contributed by atoms with Crippen LogP contribution in [0.1, 0.15) is 33.1 Å². The van der Waals surface area contributed by atoms with E-state index in [1.54, 1.807) is 0 Å². The van der Waals surface area contributed by atoms with Gasteiger partial charge in [-0.05, 0) is 25.2 Å². The van der Waals surface area contributed by atoms with Crippen LogP contribution >= 0.6 is 0 Å². The average Bonchev–Trinajstić information content (AvgIpc) is 3.30.